The lowest BCUT2D eigenvalue weighted by molar-refractivity contribution is 1.56. The SMILES string of the molecule is c1ccc(-c2ccc(-c3ccc4ccc5cccc6ccc3c4c56)cc2-c2ccc(-c3ccc4ccc5cccc6ccc3c4c56)c(-c3ccccc3)c2)cc1. The minimum absolute atomic E-state index is 1.20. The highest BCUT2D eigenvalue weighted by molar-refractivity contribution is 6.27. The van der Waals surface area contributed by atoms with Gasteiger partial charge >= 0.3 is 0 Å². The largest absolute Gasteiger partial charge is 0.0622 e. The van der Waals surface area contributed by atoms with Crippen LogP contribution < -0.4 is 0 Å². The Bertz CT molecular complexity index is 3410. The Hall–Kier alpha value is -7.28. The number of hydrogen-bond donors (Lipinski definition) is 0. The molecule has 0 heterocycles. The molecule has 0 aliphatic carbocycles. The van der Waals surface area contributed by atoms with E-state index in [2.05, 4.69) is 206 Å². The predicted octanol–water partition coefficient (Wildman–Crippen LogP) is 15.8. The highest BCUT2D eigenvalue weighted by Gasteiger charge is 2.19. The summed E-state index contributed by atoms with van der Waals surface area (Å²) >= 11 is 0. The minimum Gasteiger partial charge on any atom is -0.0622 e. The Morgan fingerprint density at radius 2 is 0.554 bits per heavy atom. The van der Waals surface area contributed by atoms with E-state index in [1.54, 1.807) is 0 Å². The van der Waals surface area contributed by atoms with Crippen LogP contribution in [0.5, 0.6) is 0 Å². The number of rotatable bonds is 5. The van der Waals surface area contributed by atoms with Gasteiger partial charge < -0.3 is 0 Å². The molecule has 0 amide bonds. The molecule has 0 bridgehead atoms. The molecule has 0 saturated heterocycles. The molecule has 0 saturated carbocycles. The molecule has 0 nitrogen and oxygen atoms in total. The molecule has 0 atom stereocenters. The summed E-state index contributed by atoms with van der Waals surface area (Å²) in [6.45, 7) is 0. The van der Waals surface area contributed by atoms with Crippen molar-refractivity contribution in [3.8, 4) is 55.6 Å². The van der Waals surface area contributed by atoms with Crippen LogP contribution in [0, 0.1) is 0 Å². The van der Waals surface area contributed by atoms with Gasteiger partial charge in [0.25, 0.3) is 0 Å². The van der Waals surface area contributed by atoms with Gasteiger partial charge in [-0.1, -0.05) is 194 Å². The van der Waals surface area contributed by atoms with Crippen molar-refractivity contribution in [3.05, 3.63) is 206 Å². The highest BCUT2D eigenvalue weighted by atomic mass is 14.2. The van der Waals surface area contributed by atoms with E-state index in [0.29, 0.717) is 0 Å². The topological polar surface area (TPSA) is 0 Å². The summed E-state index contributed by atoms with van der Waals surface area (Å²) in [6.07, 6.45) is 0. The minimum atomic E-state index is 1.20. The summed E-state index contributed by atoms with van der Waals surface area (Å²) in [5.74, 6) is 0. The van der Waals surface area contributed by atoms with Crippen LogP contribution in [-0.2, 0) is 0 Å². The summed E-state index contributed by atoms with van der Waals surface area (Å²) < 4.78 is 0. The average molecular weight is 707 g/mol. The first-order chi connectivity index (χ1) is 27.8. The highest BCUT2D eigenvalue weighted by Crippen LogP contribution is 2.46. The van der Waals surface area contributed by atoms with Gasteiger partial charge in [0.1, 0.15) is 0 Å². The average Bonchev–Trinajstić information content (AvgIpc) is 3.27. The van der Waals surface area contributed by atoms with Crippen LogP contribution in [0.25, 0.3) is 120 Å². The maximum Gasteiger partial charge on any atom is -0.00206 e. The fraction of sp³-hybridized carbons (Fsp3) is 0. The quantitative estimate of drug-likeness (QED) is 0.156. The summed E-state index contributed by atoms with van der Waals surface area (Å²) in [4.78, 5) is 0. The second-order valence-electron chi connectivity index (χ2n) is 15.2. The van der Waals surface area contributed by atoms with Crippen LogP contribution in [0.2, 0.25) is 0 Å². The van der Waals surface area contributed by atoms with E-state index in [1.807, 2.05) is 0 Å². The summed E-state index contributed by atoms with van der Waals surface area (Å²) in [5.41, 5.74) is 12.3. The van der Waals surface area contributed by atoms with Gasteiger partial charge in [0, 0.05) is 0 Å². The van der Waals surface area contributed by atoms with Crippen LogP contribution in [0.15, 0.2) is 206 Å². The van der Waals surface area contributed by atoms with Crippen molar-refractivity contribution in [1.82, 2.24) is 0 Å². The fourth-order valence-electron chi connectivity index (χ4n) is 9.58. The maximum atomic E-state index is 2.43. The lowest BCUT2D eigenvalue weighted by Gasteiger charge is -2.19. The second-order valence-corrected chi connectivity index (χ2v) is 15.2. The van der Waals surface area contributed by atoms with Crippen molar-refractivity contribution in [2.45, 2.75) is 0 Å². The second kappa shape index (κ2) is 12.1. The van der Waals surface area contributed by atoms with E-state index in [4.69, 9.17) is 0 Å². The maximum absolute atomic E-state index is 2.43. The van der Waals surface area contributed by atoms with Crippen molar-refractivity contribution >= 4 is 64.6 Å². The van der Waals surface area contributed by atoms with Gasteiger partial charge in [-0.25, -0.2) is 0 Å². The van der Waals surface area contributed by atoms with Gasteiger partial charge in [-0.3, -0.25) is 0 Å². The van der Waals surface area contributed by atoms with Crippen LogP contribution in [0.4, 0.5) is 0 Å². The molecule has 12 aromatic rings. The van der Waals surface area contributed by atoms with E-state index in [-0.39, 0.29) is 0 Å². The predicted molar refractivity (Wildman–Crippen MR) is 241 cm³/mol. The Morgan fingerprint density at radius 3 is 1.11 bits per heavy atom. The molecule has 0 N–H and O–H groups in total. The van der Waals surface area contributed by atoms with Crippen molar-refractivity contribution < 1.29 is 0 Å². The molecular formula is C56H34. The van der Waals surface area contributed by atoms with Gasteiger partial charge in [-0.2, -0.15) is 0 Å². The third-order valence-electron chi connectivity index (χ3n) is 12.2. The molecule has 12 aromatic carbocycles. The summed E-state index contributed by atoms with van der Waals surface area (Å²) in [5, 5.41) is 15.7. The zero-order chi connectivity index (χ0) is 36.7. The van der Waals surface area contributed by atoms with E-state index in [9.17, 15) is 0 Å². The molecular weight excluding hydrogens is 673 g/mol. The monoisotopic (exact) mass is 706 g/mol. The van der Waals surface area contributed by atoms with Crippen molar-refractivity contribution in [3.63, 3.8) is 0 Å². The summed E-state index contributed by atoms with van der Waals surface area (Å²) in [7, 11) is 0. The van der Waals surface area contributed by atoms with Crippen molar-refractivity contribution in [1.29, 1.82) is 0 Å². The fourth-order valence-corrected chi connectivity index (χ4v) is 9.58. The Balaban J connectivity index is 1.10. The lowest BCUT2D eigenvalue weighted by Crippen LogP contribution is -1.93. The Labute approximate surface area is 325 Å². The molecule has 258 valence electrons. The molecule has 0 unspecified atom stereocenters. The van der Waals surface area contributed by atoms with Gasteiger partial charge in [0.15, 0.2) is 0 Å². The summed E-state index contributed by atoms with van der Waals surface area (Å²) in [6, 6.07) is 76.7. The van der Waals surface area contributed by atoms with Crippen molar-refractivity contribution in [2.75, 3.05) is 0 Å². The molecule has 0 aromatic heterocycles. The van der Waals surface area contributed by atoms with Gasteiger partial charge in [-0.05, 0) is 132 Å². The Kier molecular flexibility index (Phi) is 6.73. The molecule has 0 fully saturated rings. The van der Waals surface area contributed by atoms with E-state index >= 15 is 0 Å². The van der Waals surface area contributed by atoms with Gasteiger partial charge in [0.2, 0.25) is 0 Å². The van der Waals surface area contributed by atoms with E-state index in [1.165, 1.54) is 120 Å². The lowest BCUT2D eigenvalue weighted by atomic mass is 9.84. The Morgan fingerprint density at radius 1 is 0.179 bits per heavy atom. The molecule has 0 spiro atoms. The smallest absolute Gasteiger partial charge is 0.00206 e. The normalized spacial score (nSPS) is 11.9. The molecule has 56 heavy (non-hydrogen) atoms. The van der Waals surface area contributed by atoms with E-state index < -0.39 is 0 Å². The molecule has 12 rings (SSSR count). The van der Waals surface area contributed by atoms with E-state index in [0.717, 1.165) is 0 Å². The van der Waals surface area contributed by atoms with Gasteiger partial charge in [-0.15, -0.1) is 0 Å². The molecule has 0 radical (unpaired) electrons. The third-order valence-corrected chi connectivity index (χ3v) is 12.2. The number of benzene rings is 12. The van der Waals surface area contributed by atoms with Gasteiger partial charge in [0.05, 0.1) is 0 Å². The molecule has 0 heteroatoms. The standard InChI is InChI=1S/C56H34/c1-3-9-35(10-4-1)45-28-25-43(46-27-21-41-19-17-37-13-7-15-39-23-31-49(46)55(41)53(37)39)33-52(45)44-26-30-48(51(34-44)36-11-5-2-6-12-36)47-29-22-42-20-18-38-14-8-16-40-24-32-50(47)56(42)54(38)40/h1-34H. The first kappa shape index (κ1) is 31.1. The number of hydrogen-bond acceptors (Lipinski definition) is 0. The zero-order valence-electron chi connectivity index (χ0n) is 30.6. The van der Waals surface area contributed by atoms with Crippen LogP contribution in [0.3, 0.4) is 0 Å². The first-order valence-corrected chi connectivity index (χ1v) is 19.5. The molecule has 0 aliphatic heterocycles. The van der Waals surface area contributed by atoms with Crippen LogP contribution in [-0.4, -0.2) is 0 Å². The van der Waals surface area contributed by atoms with Crippen molar-refractivity contribution in [2.24, 2.45) is 0 Å². The van der Waals surface area contributed by atoms with Crippen LogP contribution >= 0.6 is 0 Å². The first-order valence-electron chi connectivity index (χ1n) is 19.5. The third kappa shape index (κ3) is 4.66. The molecule has 0 aliphatic rings. The zero-order valence-corrected chi connectivity index (χ0v) is 30.6. The van der Waals surface area contributed by atoms with Crippen LogP contribution in [0.1, 0.15) is 0 Å².